The van der Waals surface area contributed by atoms with Gasteiger partial charge in [-0.25, -0.2) is 4.79 Å². The molecule has 0 fully saturated rings. The summed E-state index contributed by atoms with van der Waals surface area (Å²) in [5, 5.41) is 0. The Morgan fingerprint density at radius 2 is 2.07 bits per heavy atom. The third-order valence-corrected chi connectivity index (χ3v) is 1.98. The number of esters is 1. The molecule has 0 aliphatic rings. The van der Waals surface area contributed by atoms with Crippen LogP contribution >= 0.6 is 0 Å². The lowest BCUT2D eigenvalue weighted by Crippen LogP contribution is -2.13. The van der Waals surface area contributed by atoms with Crippen molar-refractivity contribution < 1.29 is 9.53 Å². The molecule has 14 heavy (non-hydrogen) atoms. The van der Waals surface area contributed by atoms with E-state index < -0.39 is 0 Å². The first kappa shape index (κ1) is 13.2. The summed E-state index contributed by atoms with van der Waals surface area (Å²) >= 11 is 0. The van der Waals surface area contributed by atoms with Gasteiger partial charge in [-0.3, -0.25) is 0 Å². The highest BCUT2D eigenvalue weighted by atomic mass is 16.5. The molecule has 0 aliphatic heterocycles. The average Bonchev–Trinajstić information content (AvgIpc) is 2.00. The van der Waals surface area contributed by atoms with Gasteiger partial charge >= 0.3 is 5.97 Å². The fourth-order valence-corrected chi connectivity index (χ4v) is 1.57. The highest BCUT2D eigenvalue weighted by Gasteiger charge is 2.15. The second-order valence-corrected chi connectivity index (χ2v) is 5.03. The topological polar surface area (TPSA) is 26.3 Å². The van der Waals surface area contributed by atoms with Gasteiger partial charge in [-0.1, -0.05) is 34.3 Å². The van der Waals surface area contributed by atoms with Crippen molar-refractivity contribution >= 4 is 5.97 Å². The molecular formula is C12H22O2. The number of hydrogen-bond acceptors (Lipinski definition) is 2. The Morgan fingerprint density at radius 3 is 2.50 bits per heavy atom. The van der Waals surface area contributed by atoms with Crippen molar-refractivity contribution in [2.45, 2.75) is 40.5 Å². The monoisotopic (exact) mass is 198 g/mol. The van der Waals surface area contributed by atoms with Gasteiger partial charge in [0.1, 0.15) is 0 Å². The van der Waals surface area contributed by atoms with Crippen LogP contribution < -0.4 is 0 Å². The molecule has 0 aromatic heterocycles. The highest BCUT2D eigenvalue weighted by Crippen LogP contribution is 2.25. The standard InChI is InChI=1S/C12H22O2/c1-6-11(13)14-8-7-10(2)9-12(3,4)5/h6,10H,1,7-9H2,2-5H3. The van der Waals surface area contributed by atoms with Crippen molar-refractivity contribution in [3.05, 3.63) is 12.7 Å². The van der Waals surface area contributed by atoms with E-state index in [1.54, 1.807) is 0 Å². The van der Waals surface area contributed by atoms with E-state index in [0.717, 1.165) is 12.8 Å². The number of ether oxygens (including phenoxy) is 1. The zero-order chi connectivity index (χ0) is 11.2. The van der Waals surface area contributed by atoms with Gasteiger partial charge in [-0.15, -0.1) is 0 Å². The molecule has 0 saturated heterocycles. The third kappa shape index (κ3) is 7.84. The Labute approximate surface area is 87.3 Å². The SMILES string of the molecule is C=CC(=O)OCCC(C)CC(C)(C)C. The Hall–Kier alpha value is -0.790. The van der Waals surface area contributed by atoms with Crippen LogP contribution in [0.1, 0.15) is 40.5 Å². The van der Waals surface area contributed by atoms with E-state index in [2.05, 4.69) is 34.3 Å². The van der Waals surface area contributed by atoms with Crippen molar-refractivity contribution in [2.75, 3.05) is 6.61 Å². The summed E-state index contributed by atoms with van der Waals surface area (Å²) in [6, 6.07) is 0. The van der Waals surface area contributed by atoms with Crippen molar-refractivity contribution in [1.82, 2.24) is 0 Å². The van der Waals surface area contributed by atoms with Gasteiger partial charge in [0.2, 0.25) is 0 Å². The van der Waals surface area contributed by atoms with E-state index in [9.17, 15) is 4.79 Å². The minimum atomic E-state index is -0.326. The summed E-state index contributed by atoms with van der Waals surface area (Å²) in [5.74, 6) is 0.264. The van der Waals surface area contributed by atoms with E-state index >= 15 is 0 Å². The molecule has 0 heterocycles. The smallest absolute Gasteiger partial charge is 0.330 e. The number of hydrogen-bond donors (Lipinski definition) is 0. The van der Waals surface area contributed by atoms with Crippen LogP contribution in [0.3, 0.4) is 0 Å². The zero-order valence-electron chi connectivity index (χ0n) is 9.80. The van der Waals surface area contributed by atoms with E-state index in [0.29, 0.717) is 17.9 Å². The second kappa shape index (κ2) is 5.84. The fraction of sp³-hybridized carbons (Fsp3) is 0.750. The van der Waals surface area contributed by atoms with E-state index in [1.165, 1.54) is 6.08 Å². The van der Waals surface area contributed by atoms with E-state index in [1.807, 2.05) is 0 Å². The normalized spacial score (nSPS) is 13.4. The molecule has 0 rings (SSSR count). The van der Waals surface area contributed by atoms with Gasteiger partial charge in [0, 0.05) is 6.08 Å². The lowest BCUT2D eigenvalue weighted by molar-refractivity contribution is -0.138. The molecule has 2 heteroatoms. The predicted octanol–water partition coefficient (Wildman–Crippen LogP) is 3.18. The molecule has 0 saturated carbocycles. The van der Waals surface area contributed by atoms with Crippen molar-refractivity contribution in [2.24, 2.45) is 11.3 Å². The van der Waals surface area contributed by atoms with Crippen molar-refractivity contribution in [3.8, 4) is 0 Å². The first-order chi connectivity index (χ1) is 6.35. The lowest BCUT2D eigenvalue weighted by Gasteiger charge is -2.22. The first-order valence-electron chi connectivity index (χ1n) is 5.14. The molecule has 0 radical (unpaired) electrons. The Morgan fingerprint density at radius 1 is 1.50 bits per heavy atom. The second-order valence-electron chi connectivity index (χ2n) is 5.03. The maximum atomic E-state index is 10.7. The van der Waals surface area contributed by atoms with Crippen LogP contribution in [-0.2, 0) is 9.53 Å². The maximum absolute atomic E-state index is 10.7. The molecular weight excluding hydrogens is 176 g/mol. The molecule has 1 atom stereocenters. The Kier molecular flexibility index (Phi) is 5.51. The van der Waals surface area contributed by atoms with Crippen LogP contribution in [0.25, 0.3) is 0 Å². The fourth-order valence-electron chi connectivity index (χ4n) is 1.57. The van der Waals surface area contributed by atoms with Gasteiger partial charge < -0.3 is 4.74 Å². The predicted molar refractivity (Wildman–Crippen MR) is 59.0 cm³/mol. The number of carbonyl (C=O) groups is 1. The summed E-state index contributed by atoms with van der Waals surface area (Å²) in [5.41, 5.74) is 0.349. The zero-order valence-corrected chi connectivity index (χ0v) is 9.80. The molecule has 1 unspecified atom stereocenters. The summed E-state index contributed by atoms with van der Waals surface area (Å²) in [4.78, 5) is 10.7. The molecule has 2 nitrogen and oxygen atoms in total. The molecule has 82 valence electrons. The average molecular weight is 198 g/mol. The molecule has 0 aromatic carbocycles. The minimum Gasteiger partial charge on any atom is -0.463 e. The van der Waals surface area contributed by atoms with Gasteiger partial charge in [0.25, 0.3) is 0 Å². The molecule has 0 aliphatic carbocycles. The summed E-state index contributed by atoms with van der Waals surface area (Å²) in [6.45, 7) is 12.7. The van der Waals surface area contributed by atoms with Crippen LogP contribution in [0.5, 0.6) is 0 Å². The Bertz CT molecular complexity index is 189. The molecule has 0 bridgehead atoms. The van der Waals surface area contributed by atoms with Crippen LogP contribution in [0.15, 0.2) is 12.7 Å². The summed E-state index contributed by atoms with van der Waals surface area (Å²) in [7, 11) is 0. The van der Waals surface area contributed by atoms with Gasteiger partial charge in [0.05, 0.1) is 6.61 Å². The summed E-state index contributed by atoms with van der Waals surface area (Å²) < 4.78 is 4.92. The number of carbonyl (C=O) groups excluding carboxylic acids is 1. The quantitative estimate of drug-likeness (QED) is 0.501. The van der Waals surface area contributed by atoms with Gasteiger partial charge in [-0.05, 0) is 24.2 Å². The maximum Gasteiger partial charge on any atom is 0.330 e. The van der Waals surface area contributed by atoms with Crippen LogP contribution in [0.4, 0.5) is 0 Å². The van der Waals surface area contributed by atoms with E-state index in [4.69, 9.17) is 4.74 Å². The Balaban J connectivity index is 3.59. The lowest BCUT2D eigenvalue weighted by atomic mass is 9.84. The molecule has 0 N–H and O–H groups in total. The van der Waals surface area contributed by atoms with Gasteiger partial charge in [-0.2, -0.15) is 0 Å². The van der Waals surface area contributed by atoms with Crippen molar-refractivity contribution in [1.29, 1.82) is 0 Å². The largest absolute Gasteiger partial charge is 0.463 e. The molecule has 0 amide bonds. The van der Waals surface area contributed by atoms with Crippen LogP contribution in [0, 0.1) is 11.3 Å². The number of rotatable bonds is 5. The molecule has 0 aromatic rings. The first-order valence-corrected chi connectivity index (χ1v) is 5.14. The third-order valence-electron chi connectivity index (χ3n) is 1.98. The van der Waals surface area contributed by atoms with Crippen LogP contribution in [0.2, 0.25) is 0 Å². The summed E-state index contributed by atoms with van der Waals surface area (Å²) in [6.07, 6.45) is 3.28. The van der Waals surface area contributed by atoms with E-state index in [-0.39, 0.29) is 5.97 Å². The molecule has 0 spiro atoms. The van der Waals surface area contributed by atoms with Crippen LogP contribution in [-0.4, -0.2) is 12.6 Å². The highest BCUT2D eigenvalue weighted by molar-refractivity contribution is 5.81. The minimum absolute atomic E-state index is 0.326. The van der Waals surface area contributed by atoms with Gasteiger partial charge in [0.15, 0.2) is 0 Å². The van der Waals surface area contributed by atoms with Crippen molar-refractivity contribution in [3.63, 3.8) is 0 Å².